The van der Waals surface area contributed by atoms with E-state index >= 15 is 0 Å². The second kappa shape index (κ2) is 11.4. The van der Waals surface area contributed by atoms with E-state index in [0.717, 1.165) is 40.1 Å². The van der Waals surface area contributed by atoms with Gasteiger partial charge >= 0.3 is 0 Å². The van der Waals surface area contributed by atoms with E-state index in [1.807, 2.05) is 43.3 Å². The van der Waals surface area contributed by atoms with Crippen molar-refractivity contribution in [1.82, 2.24) is 15.1 Å². The molecule has 0 radical (unpaired) electrons. The van der Waals surface area contributed by atoms with Crippen LogP contribution >= 0.6 is 0 Å². The minimum Gasteiger partial charge on any atom is -0.496 e. The van der Waals surface area contributed by atoms with Crippen LogP contribution in [-0.2, 0) is 6.42 Å². The minimum atomic E-state index is -0.0872. The first-order valence-corrected chi connectivity index (χ1v) is 14.0. The predicted octanol–water partition coefficient (Wildman–Crippen LogP) is 7.41. The number of carbonyl (C=O) groups excluding carboxylic acids is 1. The molecule has 1 saturated carbocycles. The molecule has 0 amide bonds. The summed E-state index contributed by atoms with van der Waals surface area (Å²) in [4.78, 5) is 17.2. The molecule has 1 heterocycles. The van der Waals surface area contributed by atoms with E-state index in [0.29, 0.717) is 23.0 Å². The van der Waals surface area contributed by atoms with Crippen LogP contribution in [-0.4, -0.2) is 29.2 Å². The van der Waals surface area contributed by atoms with E-state index in [1.54, 1.807) is 23.9 Å². The SMILES string of the molecule is [C-]#[N+]c1cccc(-n2nc(C)cc2C(=O)Cc2cccc(C(NCC3CC3)c3c(OC)ccc4ccccc34)c2)c1. The van der Waals surface area contributed by atoms with Crippen LogP contribution in [0.2, 0.25) is 0 Å². The third kappa shape index (κ3) is 5.63. The topological polar surface area (TPSA) is 60.5 Å². The zero-order valence-corrected chi connectivity index (χ0v) is 23.3. The molecular formula is C35H32N4O2. The maximum Gasteiger partial charge on any atom is 0.189 e. The number of ether oxygens (including phenoxy) is 1. The molecule has 1 aromatic heterocycles. The van der Waals surface area contributed by atoms with Crippen molar-refractivity contribution in [3.63, 3.8) is 0 Å². The van der Waals surface area contributed by atoms with Gasteiger partial charge in [-0.2, -0.15) is 5.10 Å². The molecule has 204 valence electrons. The van der Waals surface area contributed by atoms with E-state index < -0.39 is 0 Å². The van der Waals surface area contributed by atoms with Gasteiger partial charge < -0.3 is 10.1 Å². The molecule has 0 aliphatic heterocycles. The molecule has 6 heteroatoms. The largest absolute Gasteiger partial charge is 0.496 e. The van der Waals surface area contributed by atoms with Crippen molar-refractivity contribution in [2.24, 2.45) is 5.92 Å². The van der Waals surface area contributed by atoms with Crippen LogP contribution in [0.4, 0.5) is 5.69 Å². The van der Waals surface area contributed by atoms with Crippen LogP contribution < -0.4 is 10.1 Å². The van der Waals surface area contributed by atoms with Gasteiger partial charge in [0.05, 0.1) is 31.1 Å². The number of nitrogens with zero attached hydrogens (tertiary/aromatic N) is 3. The number of carbonyl (C=O) groups is 1. The van der Waals surface area contributed by atoms with E-state index in [2.05, 4.69) is 57.7 Å². The smallest absolute Gasteiger partial charge is 0.189 e. The molecule has 5 aromatic rings. The van der Waals surface area contributed by atoms with Crippen molar-refractivity contribution in [3.8, 4) is 11.4 Å². The Morgan fingerprint density at radius 3 is 2.68 bits per heavy atom. The number of aryl methyl sites for hydroxylation is 1. The molecule has 6 nitrogen and oxygen atoms in total. The van der Waals surface area contributed by atoms with Gasteiger partial charge in [0, 0.05) is 12.0 Å². The molecule has 1 aliphatic carbocycles. The number of hydrogen-bond acceptors (Lipinski definition) is 4. The number of fused-ring (bicyclic) bond motifs is 1. The molecule has 0 bridgehead atoms. The highest BCUT2D eigenvalue weighted by atomic mass is 16.5. The number of Topliss-reactive ketones (excluding diaryl/α,β-unsaturated/α-hetero) is 1. The molecular weight excluding hydrogens is 508 g/mol. The fourth-order valence-electron chi connectivity index (χ4n) is 5.49. The second-order valence-corrected chi connectivity index (χ2v) is 10.7. The molecule has 6 rings (SSSR count). The van der Waals surface area contributed by atoms with Gasteiger partial charge in [-0.15, -0.1) is 0 Å². The Hall–Kier alpha value is -4.73. The zero-order valence-electron chi connectivity index (χ0n) is 23.3. The monoisotopic (exact) mass is 540 g/mol. The fourth-order valence-corrected chi connectivity index (χ4v) is 5.49. The van der Waals surface area contributed by atoms with Gasteiger partial charge in [-0.3, -0.25) is 4.79 Å². The van der Waals surface area contributed by atoms with Crippen LogP contribution in [0.25, 0.3) is 21.3 Å². The Kier molecular flexibility index (Phi) is 7.37. The van der Waals surface area contributed by atoms with Crippen LogP contribution in [0.3, 0.4) is 0 Å². The second-order valence-electron chi connectivity index (χ2n) is 10.7. The third-order valence-corrected chi connectivity index (χ3v) is 7.72. The Bertz CT molecular complexity index is 1780. The normalized spacial score (nSPS) is 13.6. The number of benzene rings is 4. The van der Waals surface area contributed by atoms with Crippen molar-refractivity contribution >= 4 is 22.2 Å². The Morgan fingerprint density at radius 2 is 1.88 bits per heavy atom. The maximum atomic E-state index is 13.7. The van der Waals surface area contributed by atoms with Gasteiger partial charge in [-0.1, -0.05) is 66.7 Å². The Balaban J connectivity index is 1.35. The fraction of sp³-hybridized carbons (Fsp3) is 0.229. The quantitative estimate of drug-likeness (QED) is 0.148. The van der Waals surface area contributed by atoms with Crippen molar-refractivity contribution in [2.75, 3.05) is 13.7 Å². The summed E-state index contributed by atoms with van der Waals surface area (Å²) in [5, 5.41) is 10.7. The van der Waals surface area contributed by atoms with E-state index in [4.69, 9.17) is 11.3 Å². The van der Waals surface area contributed by atoms with Crippen molar-refractivity contribution in [1.29, 1.82) is 0 Å². The first-order valence-electron chi connectivity index (χ1n) is 14.0. The first-order chi connectivity index (χ1) is 20.0. The maximum absolute atomic E-state index is 13.7. The average Bonchev–Trinajstić information content (AvgIpc) is 3.75. The third-order valence-electron chi connectivity index (χ3n) is 7.72. The molecule has 0 saturated heterocycles. The van der Waals surface area contributed by atoms with Gasteiger partial charge in [-0.25, -0.2) is 9.53 Å². The first kappa shape index (κ1) is 26.5. The highest BCUT2D eigenvalue weighted by molar-refractivity contribution is 5.96. The Labute approximate surface area is 240 Å². The molecule has 1 aliphatic rings. The van der Waals surface area contributed by atoms with Gasteiger partial charge in [-0.05, 0) is 78.4 Å². The number of hydrogen-bond donors (Lipinski definition) is 1. The lowest BCUT2D eigenvalue weighted by Gasteiger charge is -2.24. The summed E-state index contributed by atoms with van der Waals surface area (Å²) in [6.07, 6.45) is 2.75. The van der Waals surface area contributed by atoms with Gasteiger partial charge in [0.1, 0.15) is 11.4 Å². The summed E-state index contributed by atoms with van der Waals surface area (Å²) >= 11 is 0. The number of nitrogens with one attached hydrogen (secondary N) is 1. The lowest BCUT2D eigenvalue weighted by Crippen LogP contribution is -2.25. The Morgan fingerprint density at radius 1 is 1.05 bits per heavy atom. The van der Waals surface area contributed by atoms with Crippen LogP contribution in [0, 0.1) is 19.4 Å². The van der Waals surface area contributed by atoms with E-state index in [1.165, 1.54) is 18.2 Å². The van der Waals surface area contributed by atoms with Gasteiger partial charge in [0.2, 0.25) is 0 Å². The summed E-state index contributed by atoms with van der Waals surface area (Å²) in [7, 11) is 1.72. The molecule has 0 spiro atoms. The highest BCUT2D eigenvalue weighted by Crippen LogP contribution is 2.38. The molecule has 41 heavy (non-hydrogen) atoms. The summed E-state index contributed by atoms with van der Waals surface area (Å²) in [6.45, 7) is 10.2. The molecule has 1 unspecified atom stereocenters. The van der Waals surface area contributed by atoms with Crippen molar-refractivity contribution in [2.45, 2.75) is 32.2 Å². The van der Waals surface area contributed by atoms with Gasteiger partial charge in [0.15, 0.2) is 11.5 Å². The average molecular weight is 541 g/mol. The predicted molar refractivity (Wildman–Crippen MR) is 162 cm³/mol. The summed E-state index contributed by atoms with van der Waals surface area (Å²) in [5.74, 6) is 1.52. The number of aromatic nitrogens is 2. The number of ketones is 1. The molecule has 4 aromatic carbocycles. The van der Waals surface area contributed by atoms with E-state index in [-0.39, 0.29) is 18.2 Å². The molecule has 1 fully saturated rings. The van der Waals surface area contributed by atoms with Crippen LogP contribution in [0.15, 0.2) is 91.0 Å². The number of rotatable bonds is 10. The zero-order chi connectivity index (χ0) is 28.3. The van der Waals surface area contributed by atoms with Crippen LogP contribution in [0.1, 0.15) is 51.8 Å². The van der Waals surface area contributed by atoms with E-state index in [9.17, 15) is 4.79 Å². The summed E-state index contributed by atoms with van der Waals surface area (Å²) in [5.41, 5.74) is 5.62. The lowest BCUT2D eigenvalue weighted by atomic mass is 9.91. The van der Waals surface area contributed by atoms with Crippen molar-refractivity contribution in [3.05, 3.63) is 130 Å². The van der Waals surface area contributed by atoms with Gasteiger partial charge in [0.25, 0.3) is 0 Å². The standard InChI is InChI=1S/C35H32N4O2/c1-23-18-31(39(38-23)29-12-7-11-28(21-29)36-2)32(40)20-25-8-6-10-27(19-25)35(37-22-24-14-15-24)34-30-13-5-4-9-26(30)16-17-33(34)41-3/h4-13,16-19,21,24,35,37H,14-15,20,22H2,1,3H3. The highest BCUT2D eigenvalue weighted by Gasteiger charge is 2.26. The lowest BCUT2D eigenvalue weighted by molar-refractivity contribution is 0.0985. The molecule has 1 atom stereocenters. The van der Waals surface area contributed by atoms with Crippen LogP contribution in [0.5, 0.6) is 5.75 Å². The van der Waals surface area contributed by atoms with Crippen molar-refractivity contribution < 1.29 is 9.53 Å². The summed E-state index contributed by atoms with van der Waals surface area (Å²) < 4.78 is 7.53. The summed E-state index contributed by atoms with van der Waals surface area (Å²) in [6, 6.07) is 29.8. The number of methoxy groups -OCH3 is 1. The molecule has 1 N–H and O–H groups in total. The minimum absolute atomic E-state index is 0.0267.